The van der Waals surface area contributed by atoms with Crippen LogP contribution >= 0.6 is 0 Å². The Morgan fingerprint density at radius 3 is 2.54 bits per heavy atom. The number of carbonyl (C=O) groups is 2. The highest BCUT2D eigenvalue weighted by atomic mass is 16.3. The second kappa shape index (κ2) is 5.40. The molecule has 0 bridgehead atoms. The predicted molar refractivity (Wildman–Crippen MR) is 92.3 cm³/mol. The summed E-state index contributed by atoms with van der Waals surface area (Å²) in [6, 6.07) is 0. The van der Waals surface area contributed by atoms with E-state index in [1.165, 1.54) is 12.8 Å². The number of Topliss-reactive ketones (excluding diaryl/α,β-unsaturated/α-hetero) is 2. The molecule has 3 heteroatoms. The standard InChI is InChI=1S/C21H32O3/c1-12(22)16-6-7-17-15-5-4-13-10-14(23)8-9-20(13,2)18(15)11-19(24)21(16,17)3/h13-18,23H,4-11H2,1-3H3/t13?,14?,15-,16+,17-,18-,20-,21+/m0/s1. The maximum Gasteiger partial charge on any atom is 0.140 e. The van der Waals surface area contributed by atoms with Crippen LogP contribution in [0.25, 0.3) is 0 Å². The Hall–Kier alpha value is -0.700. The van der Waals surface area contributed by atoms with Crippen LogP contribution in [-0.4, -0.2) is 22.8 Å². The molecule has 1 N–H and O–H groups in total. The molecule has 0 aromatic carbocycles. The number of aliphatic hydroxyl groups is 1. The summed E-state index contributed by atoms with van der Waals surface area (Å²) < 4.78 is 0. The van der Waals surface area contributed by atoms with Crippen LogP contribution in [0.15, 0.2) is 0 Å². The Morgan fingerprint density at radius 2 is 1.83 bits per heavy atom. The number of rotatable bonds is 1. The maximum atomic E-state index is 13.2. The van der Waals surface area contributed by atoms with Crippen LogP contribution in [-0.2, 0) is 9.59 Å². The molecule has 2 unspecified atom stereocenters. The average Bonchev–Trinajstić information content (AvgIpc) is 2.88. The van der Waals surface area contributed by atoms with Gasteiger partial charge in [-0.2, -0.15) is 0 Å². The number of carbonyl (C=O) groups excluding carboxylic acids is 2. The van der Waals surface area contributed by atoms with Crippen molar-refractivity contribution in [3.63, 3.8) is 0 Å². The van der Waals surface area contributed by atoms with Gasteiger partial charge in [-0.1, -0.05) is 13.8 Å². The van der Waals surface area contributed by atoms with Crippen LogP contribution < -0.4 is 0 Å². The molecule has 0 radical (unpaired) electrons. The van der Waals surface area contributed by atoms with Gasteiger partial charge >= 0.3 is 0 Å². The van der Waals surface area contributed by atoms with Crippen molar-refractivity contribution in [1.29, 1.82) is 0 Å². The first kappa shape index (κ1) is 16.8. The lowest BCUT2D eigenvalue weighted by Gasteiger charge is -2.60. The molecular formula is C21H32O3. The minimum absolute atomic E-state index is 0.0466. The highest BCUT2D eigenvalue weighted by molar-refractivity contribution is 5.93. The van der Waals surface area contributed by atoms with E-state index in [1.54, 1.807) is 6.92 Å². The molecule has 4 saturated carbocycles. The summed E-state index contributed by atoms with van der Waals surface area (Å²) in [6.45, 7) is 6.18. The summed E-state index contributed by atoms with van der Waals surface area (Å²) in [7, 11) is 0. The quantitative estimate of drug-likeness (QED) is 0.795. The van der Waals surface area contributed by atoms with Gasteiger partial charge < -0.3 is 5.11 Å². The number of aliphatic hydroxyl groups excluding tert-OH is 1. The van der Waals surface area contributed by atoms with Gasteiger partial charge in [0.1, 0.15) is 11.6 Å². The van der Waals surface area contributed by atoms with Crippen LogP contribution in [0.1, 0.15) is 72.1 Å². The van der Waals surface area contributed by atoms with Crippen molar-refractivity contribution in [3.8, 4) is 0 Å². The molecular weight excluding hydrogens is 300 g/mol. The van der Waals surface area contributed by atoms with Crippen molar-refractivity contribution in [2.75, 3.05) is 0 Å². The molecule has 24 heavy (non-hydrogen) atoms. The number of fused-ring (bicyclic) bond motifs is 5. The molecule has 0 amide bonds. The average molecular weight is 332 g/mol. The Morgan fingerprint density at radius 1 is 1.08 bits per heavy atom. The van der Waals surface area contributed by atoms with E-state index >= 15 is 0 Å². The summed E-state index contributed by atoms with van der Waals surface area (Å²) in [5.74, 6) is 2.59. The third kappa shape index (κ3) is 2.06. The first-order chi connectivity index (χ1) is 11.3. The van der Waals surface area contributed by atoms with Gasteiger partial charge in [-0.25, -0.2) is 0 Å². The van der Waals surface area contributed by atoms with Crippen molar-refractivity contribution >= 4 is 11.6 Å². The first-order valence-corrected chi connectivity index (χ1v) is 10.00. The highest BCUT2D eigenvalue weighted by Gasteiger charge is 2.64. The Labute approximate surface area is 145 Å². The van der Waals surface area contributed by atoms with Crippen molar-refractivity contribution in [2.45, 2.75) is 78.2 Å². The van der Waals surface area contributed by atoms with E-state index in [0.29, 0.717) is 35.9 Å². The lowest BCUT2D eigenvalue weighted by molar-refractivity contribution is -0.161. The topological polar surface area (TPSA) is 54.4 Å². The van der Waals surface area contributed by atoms with E-state index in [4.69, 9.17) is 0 Å². The van der Waals surface area contributed by atoms with Crippen LogP contribution in [0.2, 0.25) is 0 Å². The zero-order valence-corrected chi connectivity index (χ0v) is 15.4. The van der Waals surface area contributed by atoms with Gasteiger partial charge in [0.2, 0.25) is 0 Å². The van der Waals surface area contributed by atoms with Gasteiger partial charge in [-0.05, 0) is 81.0 Å². The van der Waals surface area contributed by atoms with E-state index in [1.807, 2.05) is 0 Å². The summed E-state index contributed by atoms with van der Waals surface area (Å²) in [4.78, 5) is 25.4. The molecule has 0 aromatic rings. The summed E-state index contributed by atoms with van der Waals surface area (Å²) in [5.41, 5.74) is -0.183. The Kier molecular flexibility index (Phi) is 3.77. The molecule has 0 heterocycles. The van der Waals surface area contributed by atoms with Crippen LogP contribution in [0.5, 0.6) is 0 Å². The van der Waals surface area contributed by atoms with Gasteiger partial charge in [0.25, 0.3) is 0 Å². The molecule has 0 saturated heterocycles. The summed E-state index contributed by atoms with van der Waals surface area (Å²) in [6.07, 6.45) is 7.75. The third-order valence-electron chi connectivity index (χ3n) is 8.99. The molecule has 4 fully saturated rings. The zero-order chi connectivity index (χ0) is 17.3. The van der Waals surface area contributed by atoms with Crippen LogP contribution in [0.3, 0.4) is 0 Å². The van der Waals surface area contributed by atoms with Crippen LogP contribution in [0, 0.1) is 40.4 Å². The molecule has 0 aromatic heterocycles. The SMILES string of the molecule is CC(=O)[C@H]1CC[C@H]2[C@@H]3CCC4CC(O)CC[C@]4(C)[C@H]3CC(=O)[C@]12C. The van der Waals surface area contributed by atoms with Gasteiger partial charge in [0, 0.05) is 17.8 Å². The lowest BCUT2D eigenvalue weighted by atomic mass is 9.44. The van der Waals surface area contributed by atoms with Crippen molar-refractivity contribution in [2.24, 2.45) is 40.4 Å². The van der Waals surface area contributed by atoms with Gasteiger partial charge in [0.15, 0.2) is 0 Å². The summed E-state index contributed by atoms with van der Waals surface area (Å²) in [5, 5.41) is 10.1. The number of hydrogen-bond acceptors (Lipinski definition) is 3. The zero-order valence-electron chi connectivity index (χ0n) is 15.4. The fourth-order valence-electron chi connectivity index (χ4n) is 7.59. The predicted octanol–water partition coefficient (Wildman–Crippen LogP) is 3.77. The minimum Gasteiger partial charge on any atom is -0.393 e. The lowest BCUT2D eigenvalue weighted by Crippen LogP contribution is -2.57. The molecule has 0 spiro atoms. The molecule has 4 rings (SSSR count). The molecule has 4 aliphatic carbocycles. The fraction of sp³-hybridized carbons (Fsp3) is 0.905. The van der Waals surface area contributed by atoms with Crippen LogP contribution in [0.4, 0.5) is 0 Å². The van der Waals surface area contributed by atoms with E-state index in [9.17, 15) is 14.7 Å². The normalized spacial score (nSPS) is 53.9. The van der Waals surface area contributed by atoms with Crippen molar-refractivity contribution in [1.82, 2.24) is 0 Å². The highest BCUT2D eigenvalue weighted by Crippen LogP contribution is 2.66. The monoisotopic (exact) mass is 332 g/mol. The van der Waals surface area contributed by atoms with E-state index in [-0.39, 0.29) is 23.2 Å². The van der Waals surface area contributed by atoms with E-state index in [0.717, 1.165) is 32.1 Å². The molecule has 134 valence electrons. The molecule has 0 aliphatic heterocycles. The smallest absolute Gasteiger partial charge is 0.140 e. The maximum absolute atomic E-state index is 13.2. The van der Waals surface area contributed by atoms with Gasteiger partial charge in [-0.3, -0.25) is 9.59 Å². The number of ketones is 2. The van der Waals surface area contributed by atoms with Gasteiger partial charge in [-0.15, -0.1) is 0 Å². The minimum atomic E-state index is -0.398. The van der Waals surface area contributed by atoms with E-state index < -0.39 is 5.41 Å². The summed E-state index contributed by atoms with van der Waals surface area (Å²) >= 11 is 0. The van der Waals surface area contributed by atoms with Crippen molar-refractivity contribution < 1.29 is 14.7 Å². The molecule has 8 atom stereocenters. The number of hydrogen-bond donors (Lipinski definition) is 1. The molecule has 4 aliphatic rings. The van der Waals surface area contributed by atoms with E-state index in [2.05, 4.69) is 13.8 Å². The third-order valence-corrected chi connectivity index (χ3v) is 8.99. The van der Waals surface area contributed by atoms with Crippen molar-refractivity contribution in [3.05, 3.63) is 0 Å². The fourth-order valence-corrected chi connectivity index (χ4v) is 7.59. The Bertz CT molecular complexity index is 569. The first-order valence-electron chi connectivity index (χ1n) is 10.00. The largest absolute Gasteiger partial charge is 0.393 e. The second-order valence-electron chi connectivity index (χ2n) is 9.74. The molecule has 3 nitrogen and oxygen atoms in total. The van der Waals surface area contributed by atoms with Gasteiger partial charge in [0.05, 0.1) is 6.10 Å². The Balaban J connectivity index is 1.68. The second-order valence-corrected chi connectivity index (χ2v) is 9.74.